The number of aliphatic hydroxyl groups is 1. The molecule has 0 radical (unpaired) electrons. The van der Waals surface area contributed by atoms with Crippen LogP contribution in [0, 0.1) is 6.92 Å². The zero-order valence-corrected chi connectivity index (χ0v) is 12.1. The molecule has 0 aliphatic carbocycles. The number of aryl methyl sites for hydroxylation is 1. The Morgan fingerprint density at radius 3 is 3.16 bits per heavy atom. The van der Waals surface area contributed by atoms with E-state index < -0.39 is 0 Å². The Morgan fingerprint density at radius 2 is 2.47 bits per heavy atom. The first-order valence-corrected chi connectivity index (χ1v) is 7.64. The minimum atomic E-state index is -0.109. The Hall–Kier alpha value is -0.980. The molecule has 2 N–H and O–H groups in total. The maximum absolute atomic E-state index is 11.8. The molecule has 5 nitrogen and oxygen atoms in total. The van der Waals surface area contributed by atoms with Crippen LogP contribution in [0.3, 0.4) is 0 Å². The van der Waals surface area contributed by atoms with Crippen LogP contribution in [0.5, 0.6) is 0 Å². The molecular formula is C13H21N3O2S. The van der Waals surface area contributed by atoms with Crippen molar-refractivity contribution >= 4 is 17.2 Å². The molecule has 1 aliphatic rings. The normalized spacial score (nSPS) is 20.4. The number of aliphatic hydroxyl groups excluding tert-OH is 1. The molecule has 1 amide bonds. The lowest BCUT2D eigenvalue weighted by Crippen LogP contribution is -2.45. The van der Waals surface area contributed by atoms with Crippen molar-refractivity contribution in [2.45, 2.75) is 32.2 Å². The zero-order chi connectivity index (χ0) is 13.7. The van der Waals surface area contributed by atoms with Gasteiger partial charge >= 0.3 is 0 Å². The SMILES string of the molecule is Cc1nc(C(=O)NCCN2CCCC[C@H]2CO)cs1. The van der Waals surface area contributed by atoms with Gasteiger partial charge in [0.25, 0.3) is 5.91 Å². The van der Waals surface area contributed by atoms with Crippen LogP contribution in [-0.2, 0) is 0 Å². The number of hydrogen-bond acceptors (Lipinski definition) is 5. The van der Waals surface area contributed by atoms with Gasteiger partial charge in [0.15, 0.2) is 0 Å². The van der Waals surface area contributed by atoms with Gasteiger partial charge in [-0.1, -0.05) is 6.42 Å². The van der Waals surface area contributed by atoms with Gasteiger partial charge in [0.1, 0.15) is 5.69 Å². The molecule has 0 bridgehead atoms. The van der Waals surface area contributed by atoms with E-state index in [0.717, 1.165) is 24.5 Å². The number of amides is 1. The third kappa shape index (κ3) is 3.99. The van der Waals surface area contributed by atoms with E-state index in [0.29, 0.717) is 12.2 Å². The molecule has 2 heterocycles. The van der Waals surface area contributed by atoms with Gasteiger partial charge in [0.2, 0.25) is 0 Å². The lowest BCUT2D eigenvalue weighted by molar-refractivity contribution is 0.0847. The molecule has 1 atom stereocenters. The number of nitrogens with zero attached hydrogens (tertiary/aromatic N) is 2. The predicted octanol–water partition coefficient (Wildman–Crippen LogP) is 1.03. The van der Waals surface area contributed by atoms with Crippen molar-refractivity contribution in [2.75, 3.05) is 26.2 Å². The monoisotopic (exact) mass is 283 g/mol. The van der Waals surface area contributed by atoms with Crippen molar-refractivity contribution in [3.8, 4) is 0 Å². The highest BCUT2D eigenvalue weighted by molar-refractivity contribution is 7.09. The lowest BCUT2D eigenvalue weighted by atomic mass is 10.0. The summed E-state index contributed by atoms with van der Waals surface area (Å²) in [5.41, 5.74) is 0.500. The molecule has 19 heavy (non-hydrogen) atoms. The minimum Gasteiger partial charge on any atom is -0.395 e. The van der Waals surface area contributed by atoms with Gasteiger partial charge in [-0.3, -0.25) is 9.69 Å². The third-order valence-corrected chi connectivity index (χ3v) is 4.27. The van der Waals surface area contributed by atoms with E-state index in [1.807, 2.05) is 6.92 Å². The van der Waals surface area contributed by atoms with Crippen molar-refractivity contribution in [3.05, 3.63) is 16.1 Å². The fraction of sp³-hybridized carbons (Fsp3) is 0.692. The molecular weight excluding hydrogens is 262 g/mol. The zero-order valence-electron chi connectivity index (χ0n) is 11.3. The number of hydrogen-bond donors (Lipinski definition) is 2. The lowest BCUT2D eigenvalue weighted by Gasteiger charge is -2.34. The van der Waals surface area contributed by atoms with E-state index in [9.17, 15) is 9.90 Å². The van der Waals surface area contributed by atoms with Crippen LogP contribution in [0.4, 0.5) is 0 Å². The number of likely N-dealkylation sites (tertiary alicyclic amines) is 1. The highest BCUT2D eigenvalue weighted by Gasteiger charge is 2.21. The number of carbonyl (C=O) groups is 1. The Bertz CT molecular complexity index is 422. The second kappa shape index (κ2) is 6.98. The first kappa shape index (κ1) is 14.4. The molecule has 0 saturated carbocycles. The molecule has 2 rings (SSSR count). The van der Waals surface area contributed by atoms with E-state index in [4.69, 9.17) is 0 Å². The summed E-state index contributed by atoms with van der Waals surface area (Å²) >= 11 is 1.48. The van der Waals surface area contributed by atoms with Gasteiger partial charge in [0.05, 0.1) is 11.6 Å². The summed E-state index contributed by atoms with van der Waals surface area (Å²) in [5, 5.41) is 14.9. The fourth-order valence-corrected chi connectivity index (χ4v) is 3.03. The molecule has 1 saturated heterocycles. The van der Waals surface area contributed by atoms with E-state index in [2.05, 4.69) is 15.2 Å². The van der Waals surface area contributed by atoms with Crippen LogP contribution >= 0.6 is 11.3 Å². The van der Waals surface area contributed by atoms with Gasteiger partial charge in [0, 0.05) is 24.5 Å². The van der Waals surface area contributed by atoms with Crippen LogP contribution < -0.4 is 5.32 Å². The highest BCUT2D eigenvalue weighted by Crippen LogP contribution is 2.15. The van der Waals surface area contributed by atoms with Crippen LogP contribution in [0.15, 0.2) is 5.38 Å². The summed E-state index contributed by atoms with van der Waals surface area (Å²) in [6.45, 7) is 4.50. The number of nitrogens with one attached hydrogen (secondary N) is 1. The Morgan fingerprint density at radius 1 is 1.63 bits per heavy atom. The summed E-state index contributed by atoms with van der Waals surface area (Å²) in [7, 11) is 0. The maximum Gasteiger partial charge on any atom is 0.270 e. The quantitative estimate of drug-likeness (QED) is 0.847. The van der Waals surface area contributed by atoms with Crippen molar-refractivity contribution in [3.63, 3.8) is 0 Å². The van der Waals surface area contributed by atoms with E-state index in [1.54, 1.807) is 5.38 Å². The third-order valence-electron chi connectivity index (χ3n) is 3.50. The molecule has 6 heteroatoms. The van der Waals surface area contributed by atoms with Crippen molar-refractivity contribution < 1.29 is 9.90 Å². The number of rotatable bonds is 5. The van der Waals surface area contributed by atoms with Crippen LogP contribution in [0.25, 0.3) is 0 Å². The number of aromatic nitrogens is 1. The molecule has 1 aliphatic heterocycles. The average molecular weight is 283 g/mol. The molecule has 106 valence electrons. The molecule has 1 aromatic heterocycles. The summed E-state index contributed by atoms with van der Waals surface area (Å²) in [5.74, 6) is -0.109. The minimum absolute atomic E-state index is 0.109. The van der Waals surface area contributed by atoms with Crippen molar-refractivity contribution in [1.29, 1.82) is 0 Å². The second-order valence-corrected chi connectivity index (χ2v) is 5.94. The van der Waals surface area contributed by atoms with Gasteiger partial charge in [-0.05, 0) is 26.3 Å². The fourth-order valence-electron chi connectivity index (χ4n) is 2.43. The Labute approximate surface area is 117 Å². The Balaban J connectivity index is 1.75. The van der Waals surface area contributed by atoms with Crippen molar-refractivity contribution in [2.24, 2.45) is 0 Å². The average Bonchev–Trinajstić information content (AvgIpc) is 2.86. The molecule has 1 aromatic rings. The summed E-state index contributed by atoms with van der Waals surface area (Å²) in [6, 6.07) is 0.257. The molecule has 0 aromatic carbocycles. The topological polar surface area (TPSA) is 65.5 Å². The van der Waals surface area contributed by atoms with Crippen LogP contribution in [0.2, 0.25) is 0 Å². The summed E-state index contributed by atoms with van der Waals surface area (Å²) in [6.07, 6.45) is 3.41. The highest BCUT2D eigenvalue weighted by atomic mass is 32.1. The molecule has 1 fully saturated rings. The first-order valence-electron chi connectivity index (χ1n) is 6.76. The smallest absolute Gasteiger partial charge is 0.270 e. The summed E-state index contributed by atoms with van der Waals surface area (Å²) in [4.78, 5) is 18.2. The van der Waals surface area contributed by atoms with E-state index in [1.165, 1.54) is 24.2 Å². The maximum atomic E-state index is 11.8. The van der Waals surface area contributed by atoms with Gasteiger partial charge in [-0.15, -0.1) is 11.3 Å². The number of piperidine rings is 1. The van der Waals surface area contributed by atoms with E-state index in [-0.39, 0.29) is 18.6 Å². The number of thiazole rings is 1. The largest absolute Gasteiger partial charge is 0.395 e. The van der Waals surface area contributed by atoms with Crippen molar-refractivity contribution in [1.82, 2.24) is 15.2 Å². The van der Waals surface area contributed by atoms with Gasteiger partial charge in [-0.25, -0.2) is 4.98 Å². The van der Waals surface area contributed by atoms with Crippen LogP contribution in [-0.4, -0.2) is 53.2 Å². The van der Waals surface area contributed by atoms with Crippen LogP contribution in [0.1, 0.15) is 34.8 Å². The number of carbonyl (C=O) groups excluding carboxylic acids is 1. The standard InChI is InChI=1S/C13H21N3O2S/c1-10-15-12(9-19-10)13(18)14-5-7-16-6-3-2-4-11(16)8-17/h9,11,17H,2-8H2,1H3,(H,14,18)/t11-/m0/s1. The van der Waals surface area contributed by atoms with E-state index >= 15 is 0 Å². The Kier molecular flexibility index (Phi) is 5.30. The first-order chi connectivity index (χ1) is 9.20. The van der Waals surface area contributed by atoms with Gasteiger partial charge < -0.3 is 10.4 Å². The predicted molar refractivity (Wildman–Crippen MR) is 75.5 cm³/mol. The van der Waals surface area contributed by atoms with Gasteiger partial charge in [-0.2, -0.15) is 0 Å². The molecule has 0 unspecified atom stereocenters. The molecule has 0 spiro atoms. The second-order valence-electron chi connectivity index (χ2n) is 4.88. The summed E-state index contributed by atoms with van der Waals surface area (Å²) < 4.78 is 0.